The van der Waals surface area contributed by atoms with Crippen molar-refractivity contribution in [2.45, 2.75) is 13.8 Å². The molecule has 1 heterocycles. The number of nitrogens with two attached hydrogens (primary N) is 1. The van der Waals surface area contributed by atoms with Gasteiger partial charge in [-0.1, -0.05) is 25.4 Å². The first kappa shape index (κ1) is 10.6. The molecule has 1 saturated heterocycles. The molecule has 0 spiro atoms. The lowest BCUT2D eigenvalue weighted by Crippen LogP contribution is -2.19. The van der Waals surface area contributed by atoms with Gasteiger partial charge in [-0.25, -0.2) is 0 Å². The van der Waals surface area contributed by atoms with Gasteiger partial charge in [0.25, 0.3) is 0 Å². The Labute approximate surface area is 96.0 Å². The average Bonchev–Trinajstić information content (AvgIpc) is 2.46. The van der Waals surface area contributed by atoms with Crippen LogP contribution in [0.2, 0.25) is 5.02 Å². The van der Waals surface area contributed by atoms with Crippen molar-refractivity contribution in [3.05, 3.63) is 23.2 Å². The van der Waals surface area contributed by atoms with E-state index in [1.54, 1.807) is 0 Å². The van der Waals surface area contributed by atoms with Crippen LogP contribution in [-0.4, -0.2) is 13.1 Å². The minimum atomic E-state index is 0.726. The number of halogens is 1. The summed E-state index contributed by atoms with van der Waals surface area (Å²) in [6.07, 6.45) is 0. The molecule has 2 nitrogen and oxygen atoms in total. The SMILES string of the molecule is CC1CN(c2ccc(N)cc2Cl)CC1C. The van der Waals surface area contributed by atoms with Crippen LogP contribution in [0, 0.1) is 11.8 Å². The number of nitrogen functional groups attached to an aromatic ring is 1. The molecule has 2 atom stereocenters. The van der Waals surface area contributed by atoms with Gasteiger partial charge in [-0.2, -0.15) is 0 Å². The summed E-state index contributed by atoms with van der Waals surface area (Å²) in [4.78, 5) is 2.34. The molecule has 1 aliphatic heterocycles. The van der Waals surface area contributed by atoms with Gasteiger partial charge in [-0.3, -0.25) is 0 Å². The average molecular weight is 225 g/mol. The Kier molecular flexibility index (Phi) is 2.79. The Balaban J connectivity index is 2.24. The van der Waals surface area contributed by atoms with Gasteiger partial charge in [0.15, 0.2) is 0 Å². The molecule has 15 heavy (non-hydrogen) atoms. The first-order valence-electron chi connectivity index (χ1n) is 5.38. The molecule has 1 aliphatic rings. The van der Waals surface area contributed by atoms with E-state index in [4.69, 9.17) is 17.3 Å². The molecular weight excluding hydrogens is 208 g/mol. The third kappa shape index (κ3) is 2.05. The summed E-state index contributed by atoms with van der Waals surface area (Å²) < 4.78 is 0. The molecule has 0 bridgehead atoms. The molecule has 0 aliphatic carbocycles. The molecule has 82 valence electrons. The Morgan fingerprint density at radius 2 is 1.87 bits per heavy atom. The van der Waals surface area contributed by atoms with E-state index in [9.17, 15) is 0 Å². The fourth-order valence-corrected chi connectivity index (χ4v) is 2.41. The van der Waals surface area contributed by atoms with E-state index >= 15 is 0 Å². The molecule has 0 saturated carbocycles. The summed E-state index contributed by atoms with van der Waals surface area (Å²) in [6, 6.07) is 5.75. The maximum atomic E-state index is 6.18. The Morgan fingerprint density at radius 3 is 2.40 bits per heavy atom. The summed E-state index contributed by atoms with van der Waals surface area (Å²) in [5.74, 6) is 1.47. The molecule has 0 radical (unpaired) electrons. The van der Waals surface area contributed by atoms with Crippen LogP contribution in [0.4, 0.5) is 11.4 Å². The molecular formula is C12H17ClN2. The Bertz CT molecular complexity index is 355. The molecule has 3 heteroatoms. The summed E-state index contributed by atoms with van der Waals surface area (Å²) in [5, 5.41) is 0.760. The largest absolute Gasteiger partial charge is 0.399 e. The van der Waals surface area contributed by atoms with Crippen LogP contribution < -0.4 is 10.6 Å². The highest BCUT2D eigenvalue weighted by Crippen LogP contribution is 2.33. The normalized spacial score (nSPS) is 25.9. The zero-order valence-corrected chi connectivity index (χ0v) is 9.96. The van der Waals surface area contributed by atoms with Crippen molar-refractivity contribution in [1.82, 2.24) is 0 Å². The summed E-state index contributed by atoms with van der Waals surface area (Å²) in [7, 11) is 0. The standard InChI is InChI=1S/C12H17ClN2/c1-8-6-15(7-9(8)2)12-4-3-10(14)5-11(12)13/h3-5,8-9H,6-7,14H2,1-2H3. The lowest BCUT2D eigenvalue weighted by atomic mass is 10.0. The van der Waals surface area contributed by atoms with E-state index in [2.05, 4.69) is 18.7 Å². The van der Waals surface area contributed by atoms with Crippen LogP contribution in [0.25, 0.3) is 0 Å². The molecule has 0 aromatic heterocycles. The second-order valence-electron chi connectivity index (χ2n) is 4.57. The second-order valence-corrected chi connectivity index (χ2v) is 4.98. The minimum Gasteiger partial charge on any atom is -0.399 e. The summed E-state index contributed by atoms with van der Waals surface area (Å²) in [5.41, 5.74) is 7.52. The van der Waals surface area contributed by atoms with Crippen LogP contribution in [0.1, 0.15) is 13.8 Å². The monoisotopic (exact) mass is 224 g/mol. The highest BCUT2D eigenvalue weighted by molar-refractivity contribution is 6.33. The number of nitrogens with zero attached hydrogens (tertiary/aromatic N) is 1. The van der Waals surface area contributed by atoms with Crippen molar-refractivity contribution >= 4 is 23.0 Å². The van der Waals surface area contributed by atoms with Gasteiger partial charge in [0.05, 0.1) is 10.7 Å². The van der Waals surface area contributed by atoms with Gasteiger partial charge in [-0.15, -0.1) is 0 Å². The number of benzene rings is 1. The number of rotatable bonds is 1. The van der Waals surface area contributed by atoms with Crippen LogP contribution in [0.5, 0.6) is 0 Å². The zero-order chi connectivity index (χ0) is 11.0. The first-order valence-corrected chi connectivity index (χ1v) is 5.75. The van der Waals surface area contributed by atoms with Crippen molar-refractivity contribution in [3.63, 3.8) is 0 Å². The lowest BCUT2D eigenvalue weighted by Gasteiger charge is -2.20. The molecule has 2 rings (SSSR count). The van der Waals surface area contributed by atoms with Crippen LogP contribution in [-0.2, 0) is 0 Å². The van der Waals surface area contributed by atoms with Gasteiger partial charge >= 0.3 is 0 Å². The maximum Gasteiger partial charge on any atom is 0.0660 e. The van der Waals surface area contributed by atoms with Crippen molar-refractivity contribution < 1.29 is 0 Å². The van der Waals surface area contributed by atoms with Gasteiger partial charge < -0.3 is 10.6 Å². The molecule has 0 amide bonds. The fourth-order valence-electron chi connectivity index (χ4n) is 2.11. The third-order valence-corrected chi connectivity index (χ3v) is 3.60. The topological polar surface area (TPSA) is 29.3 Å². The Morgan fingerprint density at radius 1 is 1.27 bits per heavy atom. The summed E-state index contributed by atoms with van der Waals surface area (Å²) in [6.45, 7) is 6.75. The van der Waals surface area contributed by atoms with Gasteiger partial charge in [0, 0.05) is 18.8 Å². The number of hydrogen-bond donors (Lipinski definition) is 1. The zero-order valence-electron chi connectivity index (χ0n) is 9.20. The van der Waals surface area contributed by atoms with Crippen LogP contribution >= 0.6 is 11.6 Å². The number of anilines is 2. The lowest BCUT2D eigenvalue weighted by molar-refractivity contribution is 0.494. The van der Waals surface area contributed by atoms with E-state index < -0.39 is 0 Å². The minimum absolute atomic E-state index is 0.726. The highest BCUT2D eigenvalue weighted by atomic mass is 35.5. The third-order valence-electron chi connectivity index (χ3n) is 3.30. The fraction of sp³-hybridized carbons (Fsp3) is 0.500. The molecule has 2 unspecified atom stereocenters. The first-order chi connectivity index (χ1) is 7.08. The van der Waals surface area contributed by atoms with E-state index in [-0.39, 0.29) is 0 Å². The van der Waals surface area contributed by atoms with E-state index in [1.165, 1.54) is 0 Å². The molecule has 1 aromatic carbocycles. The van der Waals surface area contributed by atoms with E-state index in [0.717, 1.165) is 41.3 Å². The van der Waals surface area contributed by atoms with Crippen molar-refractivity contribution in [3.8, 4) is 0 Å². The van der Waals surface area contributed by atoms with Crippen LogP contribution in [0.15, 0.2) is 18.2 Å². The van der Waals surface area contributed by atoms with E-state index in [0.29, 0.717) is 0 Å². The quantitative estimate of drug-likeness (QED) is 0.744. The van der Waals surface area contributed by atoms with Gasteiger partial charge in [-0.05, 0) is 30.0 Å². The molecule has 1 fully saturated rings. The predicted octanol–water partition coefficient (Wildman–Crippen LogP) is 3.01. The second kappa shape index (κ2) is 3.93. The van der Waals surface area contributed by atoms with E-state index in [1.807, 2.05) is 18.2 Å². The molecule has 1 aromatic rings. The van der Waals surface area contributed by atoms with Crippen LogP contribution in [0.3, 0.4) is 0 Å². The van der Waals surface area contributed by atoms with Gasteiger partial charge in [0.1, 0.15) is 0 Å². The summed E-state index contributed by atoms with van der Waals surface area (Å²) >= 11 is 6.18. The van der Waals surface area contributed by atoms with Gasteiger partial charge in [0.2, 0.25) is 0 Å². The highest BCUT2D eigenvalue weighted by Gasteiger charge is 2.27. The van der Waals surface area contributed by atoms with Crippen molar-refractivity contribution in [1.29, 1.82) is 0 Å². The smallest absolute Gasteiger partial charge is 0.0660 e. The van der Waals surface area contributed by atoms with Crippen molar-refractivity contribution in [2.75, 3.05) is 23.7 Å². The maximum absolute atomic E-state index is 6.18. The van der Waals surface area contributed by atoms with Crippen molar-refractivity contribution in [2.24, 2.45) is 11.8 Å². The predicted molar refractivity (Wildman–Crippen MR) is 66.4 cm³/mol. The molecule has 2 N–H and O–H groups in total. The number of hydrogen-bond acceptors (Lipinski definition) is 2. The Hall–Kier alpha value is -0.890.